The molecule has 0 aromatic rings. The summed E-state index contributed by atoms with van der Waals surface area (Å²) in [6, 6.07) is 0. The summed E-state index contributed by atoms with van der Waals surface area (Å²) in [4.78, 5) is 0. The Balaban J connectivity index is 4.16. The molecule has 0 aliphatic carbocycles. The van der Waals surface area contributed by atoms with Crippen molar-refractivity contribution in [1.82, 2.24) is 4.72 Å². The molecule has 0 aliphatic heterocycles. The molecule has 0 bridgehead atoms. The third-order valence-corrected chi connectivity index (χ3v) is 4.67. The lowest BCUT2D eigenvalue weighted by Gasteiger charge is -2.24. The van der Waals surface area contributed by atoms with Crippen LogP contribution >= 0.6 is 11.6 Å². The molecule has 4 nitrogen and oxygen atoms in total. The second-order valence-electron chi connectivity index (χ2n) is 5.35. The van der Waals surface area contributed by atoms with Gasteiger partial charge in [0.1, 0.15) is 0 Å². The van der Waals surface area contributed by atoms with Crippen molar-refractivity contribution < 1.29 is 13.5 Å². The molecule has 0 radical (unpaired) electrons. The summed E-state index contributed by atoms with van der Waals surface area (Å²) in [6.07, 6.45) is 1.48. The van der Waals surface area contributed by atoms with E-state index in [4.69, 9.17) is 16.7 Å². The first-order chi connectivity index (χ1) is 7.72. The van der Waals surface area contributed by atoms with Gasteiger partial charge in [0, 0.05) is 19.0 Å². The Labute approximate surface area is 110 Å². The van der Waals surface area contributed by atoms with Crippen LogP contribution in [0.3, 0.4) is 0 Å². The molecular formula is C11H24ClNO3S. The van der Waals surface area contributed by atoms with Gasteiger partial charge in [-0.25, -0.2) is 13.1 Å². The molecular weight excluding hydrogens is 262 g/mol. The summed E-state index contributed by atoms with van der Waals surface area (Å²) in [5, 5.41) is 8.76. The van der Waals surface area contributed by atoms with E-state index < -0.39 is 10.0 Å². The van der Waals surface area contributed by atoms with Crippen LogP contribution < -0.4 is 4.72 Å². The fourth-order valence-corrected chi connectivity index (χ4v) is 3.26. The van der Waals surface area contributed by atoms with Gasteiger partial charge >= 0.3 is 0 Å². The average molecular weight is 286 g/mol. The Hall–Kier alpha value is 0.160. The Kier molecular flexibility index (Phi) is 7.63. The van der Waals surface area contributed by atoms with Gasteiger partial charge in [-0.1, -0.05) is 20.8 Å². The lowest BCUT2D eigenvalue weighted by molar-refractivity contribution is 0.242. The number of aliphatic hydroxyl groups excluding tert-OH is 1. The van der Waals surface area contributed by atoms with Gasteiger partial charge in [0.25, 0.3) is 0 Å². The SMILES string of the molecule is CC(CCl)CS(=O)(=O)NCC(C)(C)CCCO. The lowest BCUT2D eigenvalue weighted by atomic mass is 9.88. The number of aliphatic hydroxyl groups is 1. The molecule has 17 heavy (non-hydrogen) atoms. The van der Waals surface area contributed by atoms with E-state index in [0.717, 1.165) is 6.42 Å². The Morgan fingerprint density at radius 1 is 1.41 bits per heavy atom. The van der Waals surface area contributed by atoms with Crippen LogP contribution in [-0.4, -0.2) is 38.3 Å². The van der Waals surface area contributed by atoms with Crippen molar-refractivity contribution >= 4 is 21.6 Å². The maximum absolute atomic E-state index is 11.7. The van der Waals surface area contributed by atoms with Gasteiger partial charge in [-0.2, -0.15) is 0 Å². The largest absolute Gasteiger partial charge is 0.396 e. The molecule has 0 amide bonds. The summed E-state index contributed by atoms with van der Waals surface area (Å²) in [5.41, 5.74) is -0.139. The van der Waals surface area contributed by atoms with E-state index >= 15 is 0 Å². The van der Waals surface area contributed by atoms with Crippen LogP contribution in [0.5, 0.6) is 0 Å². The molecule has 0 aromatic heterocycles. The van der Waals surface area contributed by atoms with Crippen LogP contribution in [-0.2, 0) is 10.0 Å². The number of alkyl halides is 1. The highest BCUT2D eigenvalue weighted by atomic mass is 35.5. The van der Waals surface area contributed by atoms with E-state index in [0.29, 0.717) is 18.8 Å². The molecule has 0 saturated carbocycles. The van der Waals surface area contributed by atoms with E-state index in [1.165, 1.54) is 0 Å². The predicted molar refractivity (Wildman–Crippen MR) is 71.8 cm³/mol. The zero-order valence-electron chi connectivity index (χ0n) is 10.9. The van der Waals surface area contributed by atoms with Crippen LogP contribution in [0.2, 0.25) is 0 Å². The van der Waals surface area contributed by atoms with Crippen molar-refractivity contribution in [2.45, 2.75) is 33.6 Å². The van der Waals surface area contributed by atoms with Crippen molar-refractivity contribution in [2.24, 2.45) is 11.3 Å². The Morgan fingerprint density at radius 3 is 2.47 bits per heavy atom. The molecule has 0 aromatic carbocycles. The highest BCUT2D eigenvalue weighted by molar-refractivity contribution is 7.89. The minimum absolute atomic E-state index is 0.0466. The Morgan fingerprint density at radius 2 is 2.00 bits per heavy atom. The van der Waals surface area contributed by atoms with Gasteiger partial charge in [-0.15, -0.1) is 11.6 Å². The molecule has 104 valence electrons. The van der Waals surface area contributed by atoms with Gasteiger partial charge in [-0.05, 0) is 24.2 Å². The lowest BCUT2D eigenvalue weighted by Crippen LogP contribution is -2.37. The normalized spacial score (nSPS) is 14.9. The van der Waals surface area contributed by atoms with Crippen molar-refractivity contribution in [3.05, 3.63) is 0 Å². The van der Waals surface area contributed by atoms with E-state index in [2.05, 4.69) is 4.72 Å². The maximum atomic E-state index is 11.7. The second kappa shape index (κ2) is 7.56. The van der Waals surface area contributed by atoms with Gasteiger partial charge in [0.15, 0.2) is 0 Å². The fourth-order valence-electron chi connectivity index (χ4n) is 1.43. The fraction of sp³-hybridized carbons (Fsp3) is 1.00. The first-order valence-electron chi connectivity index (χ1n) is 5.86. The number of sulfonamides is 1. The van der Waals surface area contributed by atoms with Crippen molar-refractivity contribution in [1.29, 1.82) is 0 Å². The number of rotatable bonds is 9. The first-order valence-corrected chi connectivity index (χ1v) is 8.05. The highest BCUT2D eigenvalue weighted by Gasteiger charge is 2.22. The molecule has 0 spiro atoms. The van der Waals surface area contributed by atoms with E-state index in [1.54, 1.807) is 0 Å². The predicted octanol–water partition coefficient (Wildman–Crippen LogP) is 1.58. The van der Waals surface area contributed by atoms with Gasteiger partial charge < -0.3 is 5.11 Å². The molecule has 0 heterocycles. The van der Waals surface area contributed by atoms with Crippen molar-refractivity contribution in [3.8, 4) is 0 Å². The molecule has 2 N–H and O–H groups in total. The topological polar surface area (TPSA) is 66.4 Å². The quantitative estimate of drug-likeness (QED) is 0.632. The van der Waals surface area contributed by atoms with Gasteiger partial charge in [0.2, 0.25) is 10.0 Å². The van der Waals surface area contributed by atoms with Gasteiger partial charge in [-0.3, -0.25) is 0 Å². The molecule has 0 saturated heterocycles. The van der Waals surface area contributed by atoms with E-state index in [1.807, 2.05) is 20.8 Å². The average Bonchev–Trinajstić information content (AvgIpc) is 2.23. The number of hydrogen-bond donors (Lipinski definition) is 2. The zero-order valence-corrected chi connectivity index (χ0v) is 12.4. The molecule has 6 heteroatoms. The summed E-state index contributed by atoms with van der Waals surface area (Å²) < 4.78 is 26.0. The standard InChI is InChI=1S/C11H24ClNO3S/c1-10(7-12)8-17(15,16)13-9-11(2,3)5-4-6-14/h10,13-14H,4-9H2,1-3H3. The Bertz CT molecular complexity index is 304. The summed E-state index contributed by atoms with van der Waals surface area (Å²) >= 11 is 5.60. The van der Waals surface area contributed by atoms with Crippen molar-refractivity contribution in [2.75, 3.05) is 24.8 Å². The van der Waals surface area contributed by atoms with E-state index in [9.17, 15) is 8.42 Å². The van der Waals surface area contributed by atoms with Crippen LogP contribution in [0.25, 0.3) is 0 Å². The summed E-state index contributed by atoms with van der Waals surface area (Å²) in [5.74, 6) is 0.358. The summed E-state index contributed by atoms with van der Waals surface area (Å²) in [7, 11) is -3.25. The molecule has 1 unspecified atom stereocenters. The highest BCUT2D eigenvalue weighted by Crippen LogP contribution is 2.21. The minimum atomic E-state index is -3.25. The zero-order chi connectivity index (χ0) is 13.5. The smallest absolute Gasteiger partial charge is 0.211 e. The maximum Gasteiger partial charge on any atom is 0.211 e. The van der Waals surface area contributed by atoms with Crippen LogP contribution in [0.4, 0.5) is 0 Å². The summed E-state index contributed by atoms with van der Waals surface area (Å²) in [6.45, 7) is 6.30. The van der Waals surface area contributed by atoms with Crippen LogP contribution in [0, 0.1) is 11.3 Å². The second-order valence-corrected chi connectivity index (χ2v) is 7.51. The molecule has 0 fully saturated rings. The monoisotopic (exact) mass is 285 g/mol. The minimum Gasteiger partial charge on any atom is -0.396 e. The molecule has 0 rings (SSSR count). The first kappa shape index (κ1) is 17.2. The molecule has 1 atom stereocenters. The van der Waals surface area contributed by atoms with Crippen LogP contribution in [0.1, 0.15) is 33.6 Å². The number of hydrogen-bond acceptors (Lipinski definition) is 3. The third-order valence-electron chi connectivity index (χ3n) is 2.55. The van der Waals surface area contributed by atoms with Crippen molar-refractivity contribution in [3.63, 3.8) is 0 Å². The van der Waals surface area contributed by atoms with E-state index in [-0.39, 0.29) is 23.7 Å². The van der Waals surface area contributed by atoms with Crippen LogP contribution in [0.15, 0.2) is 0 Å². The number of halogens is 1. The third kappa shape index (κ3) is 8.83. The number of nitrogens with one attached hydrogen (secondary N) is 1. The molecule has 0 aliphatic rings. The van der Waals surface area contributed by atoms with Gasteiger partial charge in [0.05, 0.1) is 5.75 Å².